The Labute approximate surface area is 201 Å². The number of aromatic nitrogens is 2. The first kappa shape index (κ1) is 32.0. The first-order valence-corrected chi connectivity index (χ1v) is 9.08. The molecule has 2 heterocycles. The van der Waals surface area contributed by atoms with Crippen molar-refractivity contribution < 1.29 is 53.6 Å². The minimum absolute atomic E-state index is 0. The van der Waals surface area contributed by atoms with Crippen molar-refractivity contribution in [2.45, 2.75) is 52.4 Å². The molecule has 0 unspecified atom stereocenters. The molecule has 0 radical (unpaired) electrons. The maximum absolute atomic E-state index is 11.3. The molecule has 33 heavy (non-hydrogen) atoms. The van der Waals surface area contributed by atoms with E-state index in [1.807, 2.05) is 41.5 Å². The molecule has 4 N–H and O–H groups in total. The normalized spacial score (nSPS) is 10.6. The standard InChI is InChI=1S/C10H14N2O4.C9H12N2O4.Li.H2O/c1-10(2,3)7-5-6(12(14)15)8(11-7)9(13)16-4;1-9(2,3)6-4-5(11(14)15)7(10-6)8(12)13;;/h5,11H,1-4H3;4,10H,1-3H3,(H,12,13);;1H2/q;;+1;/p-1. The Hall–Kier alpha value is -3.14. The van der Waals surface area contributed by atoms with Crippen LogP contribution in [0.15, 0.2) is 12.1 Å². The van der Waals surface area contributed by atoms with Gasteiger partial charge >= 0.3 is 42.2 Å². The fourth-order valence-electron chi connectivity index (χ4n) is 2.40. The van der Waals surface area contributed by atoms with Gasteiger partial charge in [-0.3, -0.25) is 20.2 Å². The van der Waals surface area contributed by atoms with E-state index in [2.05, 4.69) is 14.7 Å². The molecule has 0 fully saturated rings. The Bertz CT molecular complexity index is 982. The number of carbonyl (C=O) groups is 2. The number of aromatic carboxylic acids is 1. The molecule has 0 saturated heterocycles. The number of carbonyl (C=O) groups excluding carboxylic acids is 1. The fourth-order valence-corrected chi connectivity index (χ4v) is 2.40. The van der Waals surface area contributed by atoms with E-state index in [0.717, 1.165) is 0 Å². The Morgan fingerprint density at radius 3 is 1.45 bits per heavy atom. The predicted molar refractivity (Wildman–Crippen MR) is 113 cm³/mol. The second-order valence-electron chi connectivity index (χ2n) is 8.70. The minimum atomic E-state index is -1.32. The largest absolute Gasteiger partial charge is 1.00 e. The number of nitro groups is 2. The van der Waals surface area contributed by atoms with E-state index in [-0.39, 0.29) is 52.2 Å². The van der Waals surface area contributed by atoms with Crippen LogP contribution in [0.25, 0.3) is 0 Å². The number of hydrogen-bond acceptors (Lipinski definition) is 8. The van der Waals surface area contributed by atoms with E-state index in [0.29, 0.717) is 11.4 Å². The monoisotopic (exact) mass is 462 g/mol. The number of ether oxygens (including phenoxy) is 1. The summed E-state index contributed by atoms with van der Waals surface area (Å²) in [5.41, 5.74) is -0.618. The van der Waals surface area contributed by atoms with E-state index in [9.17, 15) is 29.8 Å². The van der Waals surface area contributed by atoms with Crippen LogP contribution in [0.4, 0.5) is 11.4 Å². The molecule has 0 saturated carbocycles. The summed E-state index contributed by atoms with van der Waals surface area (Å²) < 4.78 is 4.48. The van der Waals surface area contributed by atoms with Crippen molar-refractivity contribution in [3.05, 3.63) is 55.1 Å². The van der Waals surface area contributed by atoms with Crippen molar-refractivity contribution in [1.82, 2.24) is 9.97 Å². The molecule has 0 aliphatic rings. The minimum Gasteiger partial charge on any atom is -0.870 e. The zero-order chi connectivity index (χ0) is 24.3. The van der Waals surface area contributed by atoms with Gasteiger partial charge in [-0.1, -0.05) is 41.5 Å². The fraction of sp³-hybridized carbons (Fsp3) is 0.474. The van der Waals surface area contributed by atoms with E-state index < -0.39 is 27.5 Å². The number of methoxy groups -OCH3 is 1. The smallest absolute Gasteiger partial charge is 0.870 e. The first-order valence-electron chi connectivity index (χ1n) is 9.08. The maximum Gasteiger partial charge on any atom is 1.00 e. The van der Waals surface area contributed by atoms with Gasteiger partial charge in [0.25, 0.3) is 0 Å². The van der Waals surface area contributed by atoms with Gasteiger partial charge in [0.05, 0.1) is 17.0 Å². The van der Waals surface area contributed by atoms with Crippen LogP contribution in [0.3, 0.4) is 0 Å². The third-order valence-electron chi connectivity index (χ3n) is 4.21. The molecule has 0 aliphatic heterocycles. The van der Waals surface area contributed by atoms with Crippen molar-refractivity contribution in [3.63, 3.8) is 0 Å². The number of aromatic amines is 2. The number of hydrogen-bond donors (Lipinski definition) is 3. The molecule has 0 aliphatic carbocycles. The molecule has 0 bridgehead atoms. The Morgan fingerprint density at radius 1 is 0.879 bits per heavy atom. The van der Waals surface area contributed by atoms with Crippen molar-refractivity contribution >= 4 is 23.3 Å². The van der Waals surface area contributed by atoms with Crippen LogP contribution in [0, 0.1) is 20.2 Å². The summed E-state index contributed by atoms with van der Waals surface area (Å²) in [5, 5.41) is 30.1. The number of carboxylic acid groups (broad SMARTS) is 1. The third kappa shape index (κ3) is 8.05. The number of nitrogens with one attached hydrogen (secondary N) is 2. The summed E-state index contributed by atoms with van der Waals surface area (Å²) in [4.78, 5) is 47.4. The summed E-state index contributed by atoms with van der Waals surface area (Å²) in [6, 6.07) is 2.63. The summed E-state index contributed by atoms with van der Waals surface area (Å²) in [6.45, 7) is 11.2. The summed E-state index contributed by atoms with van der Waals surface area (Å²) >= 11 is 0. The molecule has 2 rings (SSSR count). The molecule has 2 aromatic rings. The molecule has 14 heteroatoms. The van der Waals surface area contributed by atoms with Gasteiger partial charge in [0.1, 0.15) is 0 Å². The summed E-state index contributed by atoms with van der Waals surface area (Å²) in [7, 11) is 1.18. The van der Waals surface area contributed by atoms with Crippen LogP contribution in [-0.2, 0) is 15.6 Å². The van der Waals surface area contributed by atoms with Crippen LogP contribution < -0.4 is 18.9 Å². The van der Waals surface area contributed by atoms with E-state index in [1.54, 1.807) is 0 Å². The average Bonchev–Trinajstić information content (AvgIpc) is 3.25. The van der Waals surface area contributed by atoms with Gasteiger partial charge in [-0.25, -0.2) is 9.59 Å². The summed E-state index contributed by atoms with van der Waals surface area (Å²) in [6.07, 6.45) is 0. The SMILES string of the molecule is CC(C)(C)c1cc([N+](=O)[O-])c(C(=O)O)[nH]1.COC(=O)c1[nH]c(C(C)(C)C)cc1[N+](=O)[O-].[Li+].[OH-]. The molecule has 0 amide bonds. The molecule has 2 aromatic heterocycles. The van der Waals surface area contributed by atoms with E-state index in [4.69, 9.17) is 5.11 Å². The third-order valence-corrected chi connectivity index (χ3v) is 4.21. The number of esters is 1. The first-order chi connectivity index (χ1) is 14.0. The van der Waals surface area contributed by atoms with Crippen LogP contribution in [-0.4, -0.2) is 49.4 Å². The molecule has 0 aromatic carbocycles. The quantitative estimate of drug-likeness (QED) is 0.253. The Kier molecular flexibility index (Phi) is 11.3. The molecular formula is C19H27LiN4O9. The maximum atomic E-state index is 11.3. The van der Waals surface area contributed by atoms with Crippen molar-refractivity contribution in [1.29, 1.82) is 0 Å². The van der Waals surface area contributed by atoms with Crippen molar-refractivity contribution in [2.24, 2.45) is 0 Å². The van der Waals surface area contributed by atoms with Gasteiger partial charge in [0.15, 0.2) is 0 Å². The number of rotatable bonds is 4. The Morgan fingerprint density at radius 2 is 1.21 bits per heavy atom. The van der Waals surface area contributed by atoms with Crippen LogP contribution in [0.2, 0.25) is 0 Å². The molecule has 13 nitrogen and oxygen atoms in total. The van der Waals surface area contributed by atoms with Gasteiger partial charge in [-0.2, -0.15) is 0 Å². The number of carboxylic acids is 1. The van der Waals surface area contributed by atoms with Gasteiger partial charge in [0.2, 0.25) is 11.4 Å². The van der Waals surface area contributed by atoms with Crippen molar-refractivity contribution in [2.75, 3.05) is 7.11 Å². The zero-order valence-electron chi connectivity index (χ0n) is 19.8. The van der Waals surface area contributed by atoms with Crippen LogP contribution in [0.5, 0.6) is 0 Å². The second kappa shape index (κ2) is 11.6. The molecule has 178 valence electrons. The molecular weight excluding hydrogens is 435 g/mol. The van der Waals surface area contributed by atoms with E-state index in [1.165, 1.54) is 19.2 Å². The topological polar surface area (TPSA) is 211 Å². The van der Waals surface area contributed by atoms with Gasteiger partial charge in [-0.05, 0) is 0 Å². The summed E-state index contributed by atoms with van der Waals surface area (Å²) in [5.74, 6) is -2.06. The van der Waals surface area contributed by atoms with Crippen LogP contribution >= 0.6 is 0 Å². The van der Waals surface area contributed by atoms with Gasteiger partial charge < -0.3 is 25.3 Å². The number of nitrogens with zero attached hydrogens (tertiary/aromatic N) is 2. The Balaban J connectivity index is 0. The molecule has 0 spiro atoms. The second-order valence-corrected chi connectivity index (χ2v) is 8.70. The molecule has 0 atom stereocenters. The van der Waals surface area contributed by atoms with E-state index >= 15 is 0 Å². The van der Waals surface area contributed by atoms with Crippen molar-refractivity contribution in [3.8, 4) is 0 Å². The van der Waals surface area contributed by atoms with Gasteiger partial charge in [0, 0.05) is 34.4 Å². The number of H-pyrrole nitrogens is 2. The predicted octanol–water partition coefficient (Wildman–Crippen LogP) is 0.753. The van der Waals surface area contributed by atoms with Crippen LogP contribution in [0.1, 0.15) is 73.9 Å². The average molecular weight is 462 g/mol. The zero-order valence-corrected chi connectivity index (χ0v) is 19.8. The van der Waals surface area contributed by atoms with Gasteiger partial charge in [-0.15, -0.1) is 0 Å².